The highest BCUT2D eigenvalue weighted by molar-refractivity contribution is 5.68. The lowest BCUT2D eigenvalue weighted by Crippen LogP contribution is -2.43. The molecule has 1 saturated heterocycles. The predicted molar refractivity (Wildman–Crippen MR) is 78.9 cm³/mol. The number of carbonyl (C=O) groups excluding carboxylic acids is 2. The van der Waals surface area contributed by atoms with Crippen molar-refractivity contribution in [2.24, 2.45) is 5.92 Å². The third kappa shape index (κ3) is 4.22. The average molecular weight is 309 g/mol. The molecule has 1 aromatic rings. The first-order valence-electron chi connectivity index (χ1n) is 7.45. The third-order valence-corrected chi connectivity index (χ3v) is 3.61. The van der Waals surface area contributed by atoms with Gasteiger partial charge < -0.3 is 18.9 Å². The second kappa shape index (κ2) is 6.81. The largest absolute Gasteiger partial charge is 0.444 e. The molecular formula is C15H23N3O4. The summed E-state index contributed by atoms with van der Waals surface area (Å²) in [6.45, 7) is 7.20. The number of imidazole rings is 1. The molecule has 0 aliphatic carbocycles. The molecule has 2 rings (SSSR count). The number of amides is 1. The molecule has 1 unspecified atom stereocenters. The van der Waals surface area contributed by atoms with Crippen molar-refractivity contribution in [3.8, 4) is 0 Å². The van der Waals surface area contributed by atoms with Crippen molar-refractivity contribution in [2.45, 2.75) is 45.4 Å². The summed E-state index contributed by atoms with van der Waals surface area (Å²) in [6, 6.07) is 0. The summed E-state index contributed by atoms with van der Waals surface area (Å²) in [6.07, 6.45) is 5.88. The highest BCUT2D eigenvalue weighted by Gasteiger charge is 2.32. The molecule has 7 nitrogen and oxygen atoms in total. The highest BCUT2D eigenvalue weighted by Crippen LogP contribution is 2.29. The molecule has 1 atom stereocenters. The number of likely N-dealkylation sites (tertiary alicyclic amines) is 1. The molecule has 2 heterocycles. The van der Waals surface area contributed by atoms with Crippen LogP contribution in [0.1, 0.15) is 39.8 Å². The SMILES string of the molecule is CC(C)(C)OC(=O)N1CCC(C(OC=O)n2ccnc2)CC1. The Balaban J connectivity index is 1.93. The zero-order valence-electron chi connectivity index (χ0n) is 13.3. The van der Waals surface area contributed by atoms with Crippen LogP contribution in [0.2, 0.25) is 0 Å². The number of rotatable bonds is 4. The smallest absolute Gasteiger partial charge is 0.410 e. The van der Waals surface area contributed by atoms with E-state index in [1.165, 1.54) is 0 Å². The quantitative estimate of drug-likeness (QED) is 0.797. The Morgan fingerprint density at radius 3 is 2.55 bits per heavy atom. The molecule has 1 aliphatic heterocycles. The fraction of sp³-hybridized carbons (Fsp3) is 0.667. The summed E-state index contributed by atoms with van der Waals surface area (Å²) >= 11 is 0. The van der Waals surface area contributed by atoms with Gasteiger partial charge in [0.1, 0.15) is 5.60 Å². The van der Waals surface area contributed by atoms with Crippen LogP contribution in [-0.4, -0.2) is 45.7 Å². The normalized spacial score (nSPS) is 17.9. The Hall–Kier alpha value is -2.05. The molecule has 0 saturated carbocycles. The van der Waals surface area contributed by atoms with E-state index in [1.54, 1.807) is 28.2 Å². The molecule has 122 valence electrons. The van der Waals surface area contributed by atoms with Crippen molar-refractivity contribution < 1.29 is 19.1 Å². The van der Waals surface area contributed by atoms with Crippen molar-refractivity contribution in [3.63, 3.8) is 0 Å². The minimum atomic E-state index is -0.492. The van der Waals surface area contributed by atoms with Crippen LogP contribution in [0.4, 0.5) is 4.79 Å². The summed E-state index contributed by atoms with van der Waals surface area (Å²) in [4.78, 5) is 28.5. The Bertz CT molecular complexity index is 487. The first kappa shape index (κ1) is 16.3. The Kier molecular flexibility index (Phi) is 5.05. The fourth-order valence-electron chi connectivity index (χ4n) is 2.60. The summed E-state index contributed by atoms with van der Waals surface area (Å²) in [5.74, 6) is 0.151. The van der Waals surface area contributed by atoms with Gasteiger partial charge in [0.2, 0.25) is 0 Å². The number of hydrogen-bond donors (Lipinski definition) is 0. The van der Waals surface area contributed by atoms with Crippen LogP contribution in [0.15, 0.2) is 18.7 Å². The third-order valence-electron chi connectivity index (χ3n) is 3.61. The van der Waals surface area contributed by atoms with E-state index in [-0.39, 0.29) is 18.2 Å². The van der Waals surface area contributed by atoms with Crippen LogP contribution in [0.5, 0.6) is 0 Å². The topological polar surface area (TPSA) is 73.7 Å². The number of aromatic nitrogens is 2. The average Bonchev–Trinajstić information content (AvgIpc) is 2.97. The van der Waals surface area contributed by atoms with Gasteiger partial charge in [-0.2, -0.15) is 0 Å². The van der Waals surface area contributed by atoms with Gasteiger partial charge in [0.15, 0.2) is 6.23 Å². The molecule has 22 heavy (non-hydrogen) atoms. The number of carbonyl (C=O) groups is 2. The lowest BCUT2D eigenvalue weighted by Gasteiger charge is -2.36. The highest BCUT2D eigenvalue weighted by atomic mass is 16.6. The van der Waals surface area contributed by atoms with E-state index < -0.39 is 5.60 Å². The maximum Gasteiger partial charge on any atom is 0.410 e. The lowest BCUT2D eigenvalue weighted by molar-refractivity contribution is -0.143. The van der Waals surface area contributed by atoms with Gasteiger partial charge in [-0.25, -0.2) is 9.78 Å². The Morgan fingerprint density at radius 2 is 2.05 bits per heavy atom. The zero-order valence-corrected chi connectivity index (χ0v) is 13.3. The minimum Gasteiger partial charge on any atom is -0.444 e. The van der Waals surface area contributed by atoms with Crippen LogP contribution in [0.25, 0.3) is 0 Å². The van der Waals surface area contributed by atoms with Crippen LogP contribution in [-0.2, 0) is 14.3 Å². The first-order valence-corrected chi connectivity index (χ1v) is 7.45. The number of piperidine rings is 1. The molecular weight excluding hydrogens is 286 g/mol. The lowest BCUT2D eigenvalue weighted by atomic mass is 9.95. The van der Waals surface area contributed by atoms with Crippen molar-refractivity contribution in [2.75, 3.05) is 13.1 Å². The molecule has 0 spiro atoms. The van der Waals surface area contributed by atoms with Gasteiger partial charge in [-0.05, 0) is 33.6 Å². The monoisotopic (exact) mass is 309 g/mol. The van der Waals surface area contributed by atoms with Crippen LogP contribution in [0, 0.1) is 5.92 Å². The molecule has 1 fully saturated rings. The van der Waals surface area contributed by atoms with E-state index in [0.29, 0.717) is 19.6 Å². The standard InChI is InChI=1S/C15H23N3O4/c1-15(2,3)22-14(20)17-7-4-12(5-8-17)13(21-11-19)18-9-6-16-10-18/h6,9-13H,4-5,7-8H2,1-3H3. The maximum atomic E-state index is 12.0. The minimum absolute atomic E-state index is 0.151. The van der Waals surface area contributed by atoms with Crippen LogP contribution < -0.4 is 0 Å². The Labute approximate surface area is 130 Å². The van der Waals surface area contributed by atoms with Gasteiger partial charge in [0.25, 0.3) is 6.47 Å². The summed E-state index contributed by atoms with van der Waals surface area (Å²) in [5, 5.41) is 0. The predicted octanol–water partition coefficient (Wildman–Crippen LogP) is 2.20. The summed E-state index contributed by atoms with van der Waals surface area (Å²) in [7, 11) is 0. The van der Waals surface area contributed by atoms with Gasteiger partial charge in [0.05, 0.1) is 6.33 Å². The van der Waals surface area contributed by atoms with Gasteiger partial charge in [0, 0.05) is 31.4 Å². The molecule has 1 aliphatic rings. The van der Waals surface area contributed by atoms with Gasteiger partial charge in [-0.15, -0.1) is 0 Å². The zero-order chi connectivity index (χ0) is 16.2. The maximum absolute atomic E-state index is 12.0. The molecule has 1 amide bonds. The molecule has 1 aromatic heterocycles. The molecule has 0 aromatic carbocycles. The second-order valence-electron chi connectivity index (χ2n) is 6.44. The van der Waals surface area contributed by atoms with Crippen LogP contribution in [0.3, 0.4) is 0 Å². The molecule has 0 N–H and O–H groups in total. The second-order valence-corrected chi connectivity index (χ2v) is 6.44. The van der Waals surface area contributed by atoms with E-state index in [4.69, 9.17) is 9.47 Å². The number of hydrogen-bond acceptors (Lipinski definition) is 5. The van der Waals surface area contributed by atoms with Crippen LogP contribution >= 0.6 is 0 Å². The summed E-state index contributed by atoms with van der Waals surface area (Å²) in [5.41, 5.74) is -0.492. The van der Waals surface area contributed by atoms with Crippen molar-refractivity contribution in [1.29, 1.82) is 0 Å². The van der Waals surface area contributed by atoms with Crippen molar-refractivity contribution >= 4 is 12.6 Å². The van der Waals surface area contributed by atoms with E-state index in [0.717, 1.165) is 12.8 Å². The first-order chi connectivity index (χ1) is 10.4. The fourth-order valence-corrected chi connectivity index (χ4v) is 2.60. The van der Waals surface area contributed by atoms with E-state index in [1.807, 2.05) is 20.8 Å². The Morgan fingerprint density at radius 1 is 1.36 bits per heavy atom. The summed E-state index contributed by atoms with van der Waals surface area (Å²) < 4.78 is 12.4. The van der Waals surface area contributed by atoms with E-state index in [2.05, 4.69) is 4.98 Å². The van der Waals surface area contributed by atoms with Crippen molar-refractivity contribution in [1.82, 2.24) is 14.5 Å². The van der Waals surface area contributed by atoms with Gasteiger partial charge in [-0.1, -0.05) is 0 Å². The number of ether oxygens (including phenoxy) is 2. The molecule has 7 heteroatoms. The van der Waals surface area contributed by atoms with Gasteiger partial charge >= 0.3 is 6.09 Å². The number of nitrogens with zero attached hydrogens (tertiary/aromatic N) is 3. The molecule has 0 radical (unpaired) electrons. The van der Waals surface area contributed by atoms with E-state index >= 15 is 0 Å². The van der Waals surface area contributed by atoms with E-state index in [9.17, 15) is 9.59 Å². The van der Waals surface area contributed by atoms with Gasteiger partial charge in [-0.3, -0.25) is 4.79 Å². The van der Waals surface area contributed by atoms with Crippen molar-refractivity contribution in [3.05, 3.63) is 18.7 Å². The molecule has 0 bridgehead atoms.